The number of halogens is 1. The highest BCUT2D eigenvalue weighted by Crippen LogP contribution is 2.14. The molecule has 1 N–H and O–H groups in total. The molecule has 17 heavy (non-hydrogen) atoms. The van der Waals surface area contributed by atoms with E-state index in [0.717, 1.165) is 16.8 Å². The molecule has 0 aliphatic heterocycles. The summed E-state index contributed by atoms with van der Waals surface area (Å²) in [7, 11) is 0. The van der Waals surface area contributed by atoms with Crippen LogP contribution in [-0.2, 0) is 6.54 Å². The minimum atomic E-state index is 0.830. The molecule has 88 valence electrons. The number of hydrogen-bond donors (Lipinski definition) is 1. The third-order valence-electron chi connectivity index (χ3n) is 2.71. The zero-order chi connectivity index (χ0) is 12.3. The van der Waals surface area contributed by atoms with Crippen LogP contribution in [0.25, 0.3) is 0 Å². The molecular weight excluding hydrogens is 276 g/mol. The van der Waals surface area contributed by atoms with E-state index in [-0.39, 0.29) is 0 Å². The van der Waals surface area contributed by atoms with Crippen molar-refractivity contribution in [3.05, 3.63) is 57.8 Å². The molecule has 0 atom stereocenters. The van der Waals surface area contributed by atoms with Gasteiger partial charge >= 0.3 is 0 Å². The molecule has 0 amide bonds. The highest BCUT2D eigenvalue weighted by atomic mass is 79.9. The summed E-state index contributed by atoms with van der Waals surface area (Å²) in [4.78, 5) is 4.19. The van der Waals surface area contributed by atoms with Gasteiger partial charge in [-0.25, -0.2) is 4.98 Å². The molecular formula is C14H15BrN2. The Bertz CT molecular complexity index is 506. The second-order valence-electron chi connectivity index (χ2n) is 4.15. The topological polar surface area (TPSA) is 24.9 Å². The van der Waals surface area contributed by atoms with Crippen molar-refractivity contribution in [1.82, 2.24) is 4.98 Å². The average molecular weight is 291 g/mol. The smallest absolute Gasteiger partial charge is 0.106 e. The Kier molecular flexibility index (Phi) is 3.79. The van der Waals surface area contributed by atoms with Gasteiger partial charge in [0.25, 0.3) is 0 Å². The van der Waals surface area contributed by atoms with Crippen molar-refractivity contribution in [1.29, 1.82) is 0 Å². The number of anilines is 1. The van der Waals surface area contributed by atoms with Gasteiger partial charge in [-0.05, 0) is 53.0 Å². The highest BCUT2D eigenvalue weighted by Gasteiger charge is 1.99. The minimum absolute atomic E-state index is 0.830. The third kappa shape index (κ3) is 3.30. The number of benzene rings is 1. The van der Waals surface area contributed by atoms with Gasteiger partial charge in [0, 0.05) is 6.54 Å². The largest absolute Gasteiger partial charge is 0.380 e. The van der Waals surface area contributed by atoms with E-state index in [1.807, 2.05) is 18.3 Å². The standard InChI is InChI=1S/C14H15BrN2/c1-10-3-4-11(2)12(7-10)8-16-13-5-6-14(15)17-9-13/h3-7,9,16H,8H2,1-2H3. The molecule has 1 aromatic heterocycles. The number of nitrogens with one attached hydrogen (secondary N) is 1. The maximum Gasteiger partial charge on any atom is 0.106 e. The van der Waals surface area contributed by atoms with Gasteiger partial charge < -0.3 is 5.32 Å². The van der Waals surface area contributed by atoms with Gasteiger partial charge in [-0.3, -0.25) is 0 Å². The van der Waals surface area contributed by atoms with Crippen molar-refractivity contribution in [2.45, 2.75) is 20.4 Å². The van der Waals surface area contributed by atoms with Gasteiger partial charge in [0.2, 0.25) is 0 Å². The summed E-state index contributed by atoms with van der Waals surface area (Å²) in [6.07, 6.45) is 1.83. The molecule has 0 fully saturated rings. The molecule has 2 rings (SSSR count). The Balaban J connectivity index is 2.07. The Labute approximate surface area is 110 Å². The van der Waals surface area contributed by atoms with Crippen molar-refractivity contribution in [3.63, 3.8) is 0 Å². The Morgan fingerprint density at radius 1 is 1.18 bits per heavy atom. The van der Waals surface area contributed by atoms with Crippen LogP contribution in [0.15, 0.2) is 41.1 Å². The van der Waals surface area contributed by atoms with Gasteiger partial charge in [0.05, 0.1) is 11.9 Å². The fourth-order valence-corrected chi connectivity index (χ4v) is 1.90. The number of hydrogen-bond acceptors (Lipinski definition) is 2. The van der Waals surface area contributed by atoms with Gasteiger partial charge in [0.15, 0.2) is 0 Å². The number of aryl methyl sites for hydroxylation is 2. The van der Waals surface area contributed by atoms with E-state index >= 15 is 0 Å². The van der Waals surface area contributed by atoms with Crippen LogP contribution in [0.5, 0.6) is 0 Å². The quantitative estimate of drug-likeness (QED) is 0.862. The average Bonchev–Trinajstić information content (AvgIpc) is 2.32. The SMILES string of the molecule is Cc1ccc(C)c(CNc2ccc(Br)nc2)c1. The Morgan fingerprint density at radius 2 is 2.00 bits per heavy atom. The first kappa shape index (κ1) is 12.1. The van der Waals surface area contributed by atoms with Crippen LogP contribution in [0.2, 0.25) is 0 Å². The zero-order valence-corrected chi connectivity index (χ0v) is 11.6. The first-order chi connectivity index (χ1) is 8.15. The van der Waals surface area contributed by atoms with Crippen molar-refractivity contribution < 1.29 is 0 Å². The maximum atomic E-state index is 4.19. The second kappa shape index (κ2) is 5.32. The molecule has 0 radical (unpaired) electrons. The molecule has 1 heterocycles. The molecule has 0 aliphatic carbocycles. The van der Waals surface area contributed by atoms with Crippen LogP contribution < -0.4 is 5.32 Å². The fraction of sp³-hybridized carbons (Fsp3) is 0.214. The summed E-state index contributed by atoms with van der Waals surface area (Å²) >= 11 is 3.32. The van der Waals surface area contributed by atoms with Crippen molar-refractivity contribution in [2.75, 3.05) is 5.32 Å². The van der Waals surface area contributed by atoms with Crippen molar-refractivity contribution in [3.8, 4) is 0 Å². The molecule has 1 aromatic carbocycles. The molecule has 0 aliphatic rings. The van der Waals surface area contributed by atoms with E-state index < -0.39 is 0 Å². The first-order valence-corrected chi connectivity index (χ1v) is 6.36. The van der Waals surface area contributed by atoms with Crippen molar-refractivity contribution >= 4 is 21.6 Å². The van der Waals surface area contributed by atoms with Crippen LogP contribution in [0, 0.1) is 13.8 Å². The van der Waals surface area contributed by atoms with Gasteiger partial charge in [-0.1, -0.05) is 23.8 Å². The lowest BCUT2D eigenvalue weighted by atomic mass is 10.1. The zero-order valence-electron chi connectivity index (χ0n) is 10.00. The number of nitrogens with zero attached hydrogens (tertiary/aromatic N) is 1. The molecule has 0 saturated heterocycles. The molecule has 0 bridgehead atoms. The summed E-state index contributed by atoms with van der Waals surface area (Å²) in [5, 5.41) is 3.37. The first-order valence-electron chi connectivity index (χ1n) is 5.57. The molecule has 0 unspecified atom stereocenters. The van der Waals surface area contributed by atoms with Gasteiger partial charge in [-0.15, -0.1) is 0 Å². The lowest BCUT2D eigenvalue weighted by molar-refractivity contribution is 1.10. The molecule has 2 nitrogen and oxygen atoms in total. The normalized spacial score (nSPS) is 10.3. The molecule has 0 saturated carbocycles. The monoisotopic (exact) mass is 290 g/mol. The summed E-state index contributed by atoms with van der Waals surface area (Å²) in [6.45, 7) is 5.08. The van der Waals surface area contributed by atoms with E-state index in [9.17, 15) is 0 Å². The number of rotatable bonds is 3. The Hall–Kier alpha value is -1.35. The van der Waals surface area contributed by atoms with E-state index in [0.29, 0.717) is 0 Å². The van der Waals surface area contributed by atoms with E-state index in [2.05, 4.69) is 58.3 Å². The van der Waals surface area contributed by atoms with Gasteiger partial charge in [0.1, 0.15) is 4.60 Å². The van der Waals surface area contributed by atoms with Crippen LogP contribution in [0.3, 0.4) is 0 Å². The molecule has 2 aromatic rings. The predicted octanol–water partition coefficient (Wildman–Crippen LogP) is 4.07. The number of aromatic nitrogens is 1. The van der Waals surface area contributed by atoms with E-state index in [4.69, 9.17) is 0 Å². The summed E-state index contributed by atoms with van der Waals surface area (Å²) in [5.41, 5.74) is 4.97. The summed E-state index contributed by atoms with van der Waals surface area (Å²) in [6, 6.07) is 10.5. The van der Waals surface area contributed by atoms with Crippen LogP contribution in [0.1, 0.15) is 16.7 Å². The maximum absolute atomic E-state index is 4.19. The van der Waals surface area contributed by atoms with Crippen LogP contribution in [-0.4, -0.2) is 4.98 Å². The second-order valence-corrected chi connectivity index (χ2v) is 4.97. The summed E-state index contributed by atoms with van der Waals surface area (Å²) in [5.74, 6) is 0. The third-order valence-corrected chi connectivity index (χ3v) is 3.18. The molecule has 3 heteroatoms. The fourth-order valence-electron chi connectivity index (χ4n) is 1.67. The van der Waals surface area contributed by atoms with E-state index in [1.54, 1.807) is 0 Å². The van der Waals surface area contributed by atoms with Crippen LogP contribution in [0.4, 0.5) is 5.69 Å². The lowest BCUT2D eigenvalue weighted by Gasteiger charge is -2.09. The highest BCUT2D eigenvalue weighted by molar-refractivity contribution is 9.10. The van der Waals surface area contributed by atoms with Gasteiger partial charge in [-0.2, -0.15) is 0 Å². The minimum Gasteiger partial charge on any atom is -0.380 e. The van der Waals surface area contributed by atoms with Crippen LogP contribution >= 0.6 is 15.9 Å². The van der Waals surface area contributed by atoms with E-state index in [1.165, 1.54) is 16.7 Å². The lowest BCUT2D eigenvalue weighted by Crippen LogP contribution is -2.01. The van der Waals surface area contributed by atoms with Crippen molar-refractivity contribution in [2.24, 2.45) is 0 Å². The predicted molar refractivity (Wildman–Crippen MR) is 75.2 cm³/mol. The number of pyridine rings is 1. The molecule has 0 spiro atoms. The Morgan fingerprint density at radius 3 is 2.71 bits per heavy atom. The summed E-state index contributed by atoms with van der Waals surface area (Å²) < 4.78 is 0.856.